The lowest BCUT2D eigenvalue weighted by Crippen LogP contribution is -2.12. The van der Waals surface area contributed by atoms with Gasteiger partial charge in [-0.3, -0.25) is 0 Å². The molecule has 86 valence electrons. The molecule has 0 aliphatic rings. The van der Waals surface area contributed by atoms with Gasteiger partial charge in [-0.15, -0.1) is 0 Å². The first kappa shape index (κ1) is 12.1. The lowest BCUT2D eigenvalue weighted by atomic mass is 10.1. The van der Waals surface area contributed by atoms with Gasteiger partial charge in [-0.1, -0.05) is 0 Å². The molecule has 0 amide bonds. The molecular weight excluding hydrogens is 214 g/mol. The second-order valence-electron chi connectivity index (χ2n) is 2.95. The molecule has 0 aromatic carbocycles. The maximum Gasteiger partial charge on any atom is 0.355 e. The molecule has 2 N–H and O–H groups in total. The highest BCUT2D eigenvalue weighted by Gasteiger charge is 2.17. The van der Waals surface area contributed by atoms with Gasteiger partial charge in [0.1, 0.15) is 0 Å². The summed E-state index contributed by atoms with van der Waals surface area (Å²) < 4.78 is 5.05. The molecule has 16 heavy (non-hydrogen) atoms. The monoisotopic (exact) mass is 225 g/mol. The van der Waals surface area contributed by atoms with Crippen molar-refractivity contribution in [3.8, 4) is 0 Å². The summed E-state index contributed by atoms with van der Waals surface area (Å²) in [5.41, 5.74) is -0.401. The largest absolute Gasteiger partial charge is 0.478 e. The van der Waals surface area contributed by atoms with E-state index in [0.29, 0.717) is 12.3 Å². The van der Waals surface area contributed by atoms with E-state index in [1.165, 1.54) is 12.1 Å². The molecule has 1 rings (SSSR count). The van der Waals surface area contributed by atoms with Gasteiger partial charge in [-0.05, 0) is 19.1 Å². The van der Waals surface area contributed by atoms with Gasteiger partial charge < -0.3 is 14.9 Å². The van der Waals surface area contributed by atoms with Gasteiger partial charge in [-0.25, -0.2) is 14.6 Å². The van der Waals surface area contributed by atoms with Crippen molar-refractivity contribution in [3.05, 3.63) is 29.1 Å². The molecule has 0 atom stereocenters. The van der Waals surface area contributed by atoms with E-state index < -0.39 is 17.6 Å². The summed E-state index contributed by atoms with van der Waals surface area (Å²) in [7, 11) is 0. The summed E-state index contributed by atoms with van der Waals surface area (Å²) in [5.74, 6) is -2.68. The topological polar surface area (TPSA) is 96.7 Å². The van der Waals surface area contributed by atoms with Crippen LogP contribution < -0.4 is 0 Å². The Kier molecular flexibility index (Phi) is 3.96. The fourth-order valence-electron chi connectivity index (χ4n) is 1.12. The minimum absolute atomic E-state index is 0.163. The standard InChI is InChI=1S/C10H11NO5/c1-2-16-5-6-3-4-7(9(12)13)8(11-6)10(14)15/h3-4H,2,5H2,1H3,(H,12,13)(H,14,15). The number of rotatable bonds is 5. The highest BCUT2D eigenvalue weighted by Crippen LogP contribution is 2.09. The van der Waals surface area contributed by atoms with Gasteiger partial charge in [0.25, 0.3) is 0 Å². The Labute approximate surface area is 91.5 Å². The highest BCUT2D eigenvalue weighted by atomic mass is 16.5. The third-order valence-electron chi connectivity index (χ3n) is 1.84. The maximum atomic E-state index is 10.8. The number of carbonyl (C=O) groups is 2. The number of hydrogen-bond donors (Lipinski definition) is 2. The van der Waals surface area contributed by atoms with Crippen molar-refractivity contribution >= 4 is 11.9 Å². The summed E-state index contributed by atoms with van der Waals surface area (Å²) in [4.78, 5) is 25.2. The Hall–Kier alpha value is -1.95. The van der Waals surface area contributed by atoms with E-state index >= 15 is 0 Å². The van der Waals surface area contributed by atoms with E-state index in [0.717, 1.165) is 0 Å². The van der Waals surface area contributed by atoms with Gasteiger partial charge >= 0.3 is 11.9 Å². The first-order valence-corrected chi connectivity index (χ1v) is 4.60. The quantitative estimate of drug-likeness (QED) is 0.776. The van der Waals surface area contributed by atoms with Crippen LogP contribution in [-0.2, 0) is 11.3 Å². The first-order chi connectivity index (χ1) is 7.56. The van der Waals surface area contributed by atoms with E-state index in [4.69, 9.17) is 14.9 Å². The Balaban J connectivity index is 3.07. The summed E-state index contributed by atoms with van der Waals surface area (Å²) in [5, 5.41) is 17.5. The van der Waals surface area contributed by atoms with Crippen LogP contribution in [0.1, 0.15) is 33.5 Å². The van der Waals surface area contributed by atoms with Crippen LogP contribution >= 0.6 is 0 Å². The summed E-state index contributed by atoms with van der Waals surface area (Å²) in [6.45, 7) is 2.44. The lowest BCUT2D eigenvalue weighted by molar-refractivity contribution is 0.0644. The van der Waals surface area contributed by atoms with E-state index in [1.807, 2.05) is 0 Å². The number of pyridine rings is 1. The molecule has 1 heterocycles. The van der Waals surface area contributed by atoms with Crippen LogP contribution in [0.4, 0.5) is 0 Å². The zero-order valence-corrected chi connectivity index (χ0v) is 8.64. The minimum atomic E-state index is -1.37. The predicted octanol–water partition coefficient (Wildman–Crippen LogP) is 1.01. The van der Waals surface area contributed by atoms with Crippen molar-refractivity contribution in [2.75, 3.05) is 6.61 Å². The van der Waals surface area contributed by atoms with Crippen LogP contribution in [0.15, 0.2) is 12.1 Å². The van der Waals surface area contributed by atoms with Crippen LogP contribution in [0.25, 0.3) is 0 Å². The van der Waals surface area contributed by atoms with Crippen LogP contribution in [0.2, 0.25) is 0 Å². The predicted molar refractivity (Wildman–Crippen MR) is 53.5 cm³/mol. The molecule has 0 aliphatic heterocycles. The fraction of sp³-hybridized carbons (Fsp3) is 0.300. The molecule has 1 aromatic heterocycles. The fourth-order valence-corrected chi connectivity index (χ4v) is 1.12. The SMILES string of the molecule is CCOCc1ccc(C(=O)O)c(C(=O)O)n1. The Morgan fingerprint density at radius 3 is 2.50 bits per heavy atom. The van der Waals surface area contributed by atoms with E-state index in [-0.39, 0.29) is 12.2 Å². The van der Waals surface area contributed by atoms with Crippen molar-refractivity contribution in [2.45, 2.75) is 13.5 Å². The Bertz CT molecular complexity index is 416. The van der Waals surface area contributed by atoms with Crippen LogP contribution in [0.3, 0.4) is 0 Å². The molecule has 0 spiro atoms. The smallest absolute Gasteiger partial charge is 0.355 e. The van der Waals surface area contributed by atoms with Crippen LogP contribution in [-0.4, -0.2) is 33.7 Å². The van der Waals surface area contributed by atoms with Gasteiger partial charge in [0.05, 0.1) is 17.9 Å². The van der Waals surface area contributed by atoms with Gasteiger partial charge in [0, 0.05) is 6.61 Å². The first-order valence-electron chi connectivity index (χ1n) is 4.60. The lowest BCUT2D eigenvalue weighted by Gasteiger charge is -2.04. The summed E-state index contributed by atoms with van der Waals surface area (Å²) >= 11 is 0. The molecule has 0 saturated heterocycles. The highest BCUT2D eigenvalue weighted by molar-refractivity contribution is 6.00. The third-order valence-corrected chi connectivity index (χ3v) is 1.84. The molecule has 0 fully saturated rings. The molecule has 0 bridgehead atoms. The van der Waals surface area contributed by atoms with Crippen LogP contribution in [0.5, 0.6) is 0 Å². The van der Waals surface area contributed by atoms with Crippen molar-refractivity contribution in [1.82, 2.24) is 4.98 Å². The Morgan fingerprint density at radius 1 is 1.31 bits per heavy atom. The van der Waals surface area contributed by atoms with Crippen molar-refractivity contribution in [1.29, 1.82) is 0 Å². The second kappa shape index (κ2) is 5.22. The average Bonchev–Trinajstić information content (AvgIpc) is 2.25. The zero-order chi connectivity index (χ0) is 12.1. The summed E-state index contributed by atoms with van der Waals surface area (Å²) in [6, 6.07) is 2.65. The number of carboxylic acid groups (broad SMARTS) is 2. The van der Waals surface area contributed by atoms with Gasteiger partial charge in [0.15, 0.2) is 5.69 Å². The molecule has 0 aliphatic carbocycles. The molecule has 6 nitrogen and oxygen atoms in total. The molecule has 0 unspecified atom stereocenters. The molecule has 0 radical (unpaired) electrons. The number of ether oxygens (including phenoxy) is 1. The van der Waals surface area contributed by atoms with E-state index in [1.54, 1.807) is 6.92 Å². The summed E-state index contributed by atoms with van der Waals surface area (Å²) in [6.07, 6.45) is 0. The maximum absolute atomic E-state index is 10.8. The van der Waals surface area contributed by atoms with Gasteiger partial charge in [-0.2, -0.15) is 0 Å². The number of carboxylic acids is 2. The van der Waals surface area contributed by atoms with Crippen LogP contribution in [0, 0.1) is 0 Å². The molecule has 6 heteroatoms. The second-order valence-corrected chi connectivity index (χ2v) is 2.95. The third kappa shape index (κ3) is 2.77. The normalized spacial score (nSPS) is 10.1. The van der Waals surface area contributed by atoms with E-state index in [2.05, 4.69) is 4.98 Å². The molecule has 1 aromatic rings. The number of hydrogen-bond acceptors (Lipinski definition) is 4. The average molecular weight is 225 g/mol. The van der Waals surface area contributed by atoms with E-state index in [9.17, 15) is 9.59 Å². The number of aromatic carboxylic acids is 2. The van der Waals surface area contributed by atoms with Crippen molar-refractivity contribution in [3.63, 3.8) is 0 Å². The van der Waals surface area contributed by atoms with Crippen molar-refractivity contribution < 1.29 is 24.5 Å². The minimum Gasteiger partial charge on any atom is -0.478 e. The van der Waals surface area contributed by atoms with Gasteiger partial charge in [0.2, 0.25) is 0 Å². The molecule has 0 saturated carbocycles. The molecular formula is C10H11NO5. The zero-order valence-electron chi connectivity index (χ0n) is 8.64. The van der Waals surface area contributed by atoms with Crippen molar-refractivity contribution in [2.24, 2.45) is 0 Å². The number of nitrogens with zero attached hydrogens (tertiary/aromatic N) is 1. The Morgan fingerprint density at radius 2 is 2.00 bits per heavy atom. The number of aromatic nitrogens is 1.